The van der Waals surface area contributed by atoms with Crippen molar-refractivity contribution in [1.82, 2.24) is 5.32 Å². The fourth-order valence-electron chi connectivity index (χ4n) is 3.94. The first-order chi connectivity index (χ1) is 9.62. The molecule has 0 atom stereocenters. The largest absolute Gasteiger partial charge is 0.314 e. The zero-order chi connectivity index (χ0) is 14.4. The highest BCUT2D eigenvalue weighted by molar-refractivity contribution is 5.05. The van der Waals surface area contributed by atoms with Gasteiger partial charge < -0.3 is 5.32 Å². The summed E-state index contributed by atoms with van der Waals surface area (Å²) in [4.78, 5) is 0. The zero-order valence-electron chi connectivity index (χ0n) is 14.0. The molecule has 0 aromatic carbocycles. The van der Waals surface area contributed by atoms with Crippen LogP contribution in [-0.4, -0.2) is 12.6 Å². The lowest BCUT2D eigenvalue weighted by Crippen LogP contribution is -2.37. The van der Waals surface area contributed by atoms with Crippen LogP contribution in [0.5, 0.6) is 0 Å². The Morgan fingerprint density at radius 2 is 1.90 bits per heavy atom. The van der Waals surface area contributed by atoms with E-state index in [0.29, 0.717) is 5.41 Å². The standard InChI is InChI=1S/C19H35N/c1-4-19(2,3)17-10-12-18(13-11-17)20-15-14-16-8-6-5-7-9-16/h8,17-18,20H,4-7,9-15H2,1-3H3. The van der Waals surface area contributed by atoms with E-state index in [9.17, 15) is 0 Å². The van der Waals surface area contributed by atoms with Gasteiger partial charge in [-0.05, 0) is 75.7 Å². The van der Waals surface area contributed by atoms with Gasteiger partial charge in [-0.3, -0.25) is 0 Å². The van der Waals surface area contributed by atoms with Crippen molar-refractivity contribution < 1.29 is 0 Å². The fourth-order valence-corrected chi connectivity index (χ4v) is 3.94. The van der Waals surface area contributed by atoms with E-state index in [1.54, 1.807) is 5.57 Å². The van der Waals surface area contributed by atoms with E-state index in [1.165, 1.54) is 70.8 Å². The van der Waals surface area contributed by atoms with Crippen molar-refractivity contribution in [2.75, 3.05) is 6.54 Å². The third-order valence-electron chi connectivity index (χ3n) is 6.01. The van der Waals surface area contributed by atoms with Crippen molar-refractivity contribution in [2.24, 2.45) is 11.3 Å². The van der Waals surface area contributed by atoms with Gasteiger partial charge in [0.15, 0.2) is 0 Å². The second-order valence-electron chi connectivity index (χ2n) is 7.70. The molecule has 1 nitrogen and oxygen atoms in total. The number of nitrogens with one attached hydrogen (secondary N) is 1. The second-order valence-corrected chi connectivity index (χ2v) is 7.70. The summed E-state index contributed by atoms with van der Waals surface area (Å²) >= 11 is 0. The molecule has 1 saturated carbocycles. The van der Waals surface area contributed by atoms with Crippen LogP contribution in [0.2, 0.25) is 0 Å². The van der Waals surface area contributed by atoms with Crippen LogP contribution < -0.4 is 5.32 Å². The van der Waals surface area contributed by atoms with Gasteiger partial charge in [-0.2, -0.15) is 0 Å². The Hall–Kier alpha value is -0.300. The fraction of sp³-hybridized carbons (Fsp3) is 0.895. The highest BCUT2D eigenvalue weighted by atomic mass is 14.9. The summed E-state index contributed by atoms with van der Waals surface area (Å²) in [6.45, 7) is 8.47. The molecule has 1 N–H and O–H groups in total. The molecule has 2 aliphatic carbocycles. The molecule has 116 valence electrons. The Balaban J connectivity index is 1.63. The summed E-state index contributed by atoms with van der Waals surface area (Å²) in [5.41, 5.74) is 2.27. The lowest BCUT2D eigenvalue weighted by atomic mass is 9.69. The smallest absolute Gasteiger partial charge is 0.00674 e. The topological polar surface area (TPSA) is 12.0 Å². The molecule has 2 rings (SSSR count). The minimum Gasteiger partial charge on any atom is -0.314 e. The highest BCUT2D eigenvalue weighted by Crippen LogP contribution is 2.40. The number of hydrogen-bond donors (Lipinski definition) is 1. The highest BCUT2D eigenvalue weighted by Gasteiger charge is 2.31. The van der Waals surface area contributed by atoms with Crippen molar-refractivity contribution in [2.45, 2.75) is 91.0 Å². The van der Waals surface area contributed by atoms with Crippen LogP contribution in [0.15, 0.2) is 11.6 Å². The Bertz CT molecular complexity index is 308. The van der Waals surface area contributed by atoms with Crippen molar-refractivity contribution in [3.05, 3.63) is 11.6 Å². The second kappa shape index (κ2) is 7.64. The molecule has 0 bridgehead atoms. The van der Waals surface area contributed by atoms with E-state index >= 15 is 0 Å². The zero-order valence-corrected chi connectivity index (χ0v) is 14.0. The maximum absolute atomic E-state index is 3.82. The van der Waals surface area contributed by atoms with E-state index in [-0.39, 0.29) is 0 Å². The van der Waals surface area contributed by atoms with Gasteiger partial charge in [0.25, 0.3) is 0 Å². The van der Waals surface area contributed by atoms with Crippen molar-refractivity contribution >= 4 is 0 Å². The summed E-state index contributed by atoms with van der Waals surface area (Å²) in [6, 6.07) is 0.795. The van der Waals surface area contributed by atoms with Crippen LogP contribution in [0.25, 0.3) is 0 Å². The summed E-state index contributed by atoms with van der Waals surface area (Å²) in [5, 5.41) is 3.82. The van der Waals surface area contributed by atoms with E-state index in [4.69, 9.17) is 0 Å². The normalized spacial score (nSPS) is 28.2. The molecule has 20 heavy (non-hydrogen) atoms. The third kappa shape index (κ3) is 4.62. The molecule has 1 heteroatoms. The van der Waals surface area contributed by atoms with Gasteiger partial charge in [0, 0.05) is 6.04 Å². The molecule has 0 spiro atoms. The van der Waals surface area contributed by atoms with E-state index in [2.05, 4.69) is 32.2 Å². The van der Waals surface area contributed by atoms with Crippen molar-refractivity contribution in [3.63, 3.8) is 0 Å². The maximum atomic E-state index is 3.82. The van der Waals surface area contributed by atoms with Crippen LogP contribution in [-0.2, 0) is 0 Å². The molecular formula is C19H35N. The molecule has 0 radical (unpaired) electrons. The molecular weight excluding hydrogens is 242 g/mol. The lowest BCUT2D eigenvalue weighted by Gasteiger charge is -2.39. The molecule has 0 aromatic heterocycles. The van der Waals surface area contributed by atoms with Crippen molar-refractivity contribution in [3.8, 4) is 0 Å². The number of hydrogen-bond acceptors (Lipinski definition) is 1. The van der Waals surface area contributed by atoms with E-state index in [1.807, 2.05) is 0 Å². The third-order valence-corrected chi connectivity index (χ3v) is 6.01. The Morgan fingerprint density at radius 1 is 1.15 bits per heavy atom. The predicted molar refractivity (Wildman–Crippen MR) is 89.0 cm³/mol. The summed E-state index contributed by atoms with van der Waals surface area (Å²) < 4.78 is 0. The van der Waals surface area contributed by atoms with Crippen molar-refractivity contribution in [1.29, 1.82) is 0 Å². The van der Waals surface area contributed by atoms with E-state index < -0.39 is 0 Å². The first-order valence-electron chi connectivity index (χ1n) is 9.03. The van der Waals surface area contributed by atoms with Crippen LogP contribution in [0, 0.1) is 11.3 Å². The minimum atomic E-state index is 0.553. The Morgan fingerprint density at radius 3 is 2.50 bits per heavy atom. The first kappa shape index (κ1) is 16.1. The summed E-state index contributed by atoms with van der Waals surface area (Å²) in [7, 11) is 0. The van der Waals surface area contributed by atoms with Gasteiger partial charge in [0.1, 0.15) is 0 Å². The number of rotatable bonds is 6. The molecule has 0 amide bonds. The van der Waals surface area contributed by atoms with Gasteiger partial charge >= 0.3 is 0 Å². The van der Waals surface area contributed by atoms with Gasteiger partial charge in [0.2, 0.25) is 0 Å². The quantitative estimate of drug-likeness (QED) is 0.635. The van der Waals surface area contributed by atoms with Gasteiger partial charge in [-0.1, -0.05) is 38.8 Å². The maximum Gasteiger partial charge on any atom is 0.00674 e. The molecule has 1 fully saturated rings. The molecule has 2 aliphatic rings. The lowest BCUT2D eigenvalue weighted by molar-refractivity contribution is 0.137. The van der Waals surface area contributed by atoms with Crippen LogP contribution in [0.4, 0.5) is 0 Å². The molecule has 0 aliphatic heterocycles. The molecule has 0 saturated heterocycles. The molecule has 0 unspecified atom stereocenters. The Kier molecular flexibility index (Phi) is 6.14. The molecule has 0 aromatic rings. The van der Waals surface area contributed by atoms with Gasteiger partial charge in [-0.25, -0.2) is 0 Å². The van der Waals surface area contributed by atoms with E-state index in [0.717, 1.165) is 12.0 Å². The average molecular weight is 277 g/mol. The number of allylic oxidation sites excluding steroid dienone is 1. The minimum absolute atomic E-state index is 0.553. The van der Waals surface area contributed by atoms with Crippen LogP contribution in [0.1, 0.15) is 85.0 Å². The first-order valence-corrected chi connectivity index (χ1v) is 9.03. The van der Waals surface area contributed by atoms with Gasteiger partial charge in [-0.15, -0.1) is 0 Å². The van der Waals surface area contributed by atoms with Crippen LogP contribution >= 0.6 is 0 Å². The molecule has 0 heterocycles. The predicted octanol–water partition coefficient (Wildman–Crippen LogP) is 5.46. The monoisotopic (exact) mass is 277 g/mol. The SMILES string of the molecule is CCC(C)(C)C1CCC(NCCC2=CCCCC2)CC1. The van der Waals surface area contributed by atoms with Gasteiger partial charge in [0.05, 0.1) is 0 Å². The van der Waals surface area contributed by atoms with Crippen LogP contribution in [0.3, 0.4) is 0 Å². The average Bonchev–Trinajstić information content (AvgIpc) is 2.49. The summed E-state index contributed by atoms with van der Waals surface area (Å²) in [6.07, 6.45) is 16.3. The Labute approximate surface area is 126 Å². The summed E-state index contributed by atoms with van der Waals surface area (Å²) in [5.74, 6) is 0.951.